The summed E-state index contributed by atoms with van der Waals surface area (Å²) < 4.78 is 32.0. The van der Waals surface area contributed by atoms with Crippen LogP contribution in [-0.4, -0.2) is 42.1 Å². The number of fused-ring (bicyclic) bond motifs is 1. The highest BCUT2D eigenvalue weighted by molar-refractivity contribution is 7.98. The Kier molecular flexibility index (Phi) is 6.83. The van der Waals surface area contributed by atoms with Gasteiger partial charge in [-0.15, -0.1) is 11.8 Å². The van der Waals surface area contributed by atoms with Crippen LogP contribution < -0.4 is 4.72 Å². The van der Waals surface area contributed by atoms with E-state index < -0.39 is 27.5 Å². The third-order valence-corrected chi connectivity index (χ3v) is 6.46. The van der Waals surface area contributed by atoms with Gasteiger partial charge in [-0.25, -0.2) is 18.4 Å². The standard InChI is InChI=1S/C19H18N4O6S2/c1-12-16(22-15-6-4-3-5-14(15)21-12)11-29-19(24)10-20-31(27,28)13-7-8-18(30-2)17(9-13)23(25)26/h3-9,20H,10-11H2,1-2H3. The molecule has 2 aromatic carbocycles. The Labute approximate surface area is 182 Å². The van der Waals surface area contributed by atoms with Crippen molar-refractivity contribution < 1.29 is 22.9 Å². The maximum absolute atomic E-state index is 12.4. The first-order valence-corrected chi connectivity index (χ1v) is 11.6. The van der Waals surface area contributed by atoms with Crippen LogP contribution in [0.15, 0.2) is 52.3 Å². The number of aromatic nitrogens is 2. The first-order valence-electron chi connectivity index (χ1n) is 8.91. The number of nitro groups is 1. The van der Waals surface area contributed by atoms with E-state index in [2.05, 4.69) is 14.7 Å². The van der Waals surface area contributed by atoms with Crippen LogP contribution in [0.3, 0.4) is 0 Å². The average molecular weight is 463 g/mol. The van der Waals surface area contributed by atoms with E-state index in [1.54, 1.807) is 19.2 Å². The van der Waals surface area contributed by atoms with Crippen molar-refractivity contribution in [2.45, 2.75) is 23.3 Å². The molecule has 0 atom stereocenters. The summed E-state index contributed by atoms with van der Waals surface area (Å²) in [6.45, 7) is 0.926. The molecule has 0 amide bonds. The molecule has 0 fully saturated rings. The molecule has 1 heterocycles. The number of hydrogen-bond acceptors (Lipinski definition) is 9. The van der Waals surface area contributed by atoms with Crippen LogP contribution >= 0.6 is 11.8 Å². The molecule has 31 heavy (non-hydrogen) atoms. The molecule has 0 radical (unpaired) electrons. The zero-order valence-corrected chi connectivity index (χ0v) is 18.2. The number of nitrogens with zero attached hydrogens (tertiary/aromatic N) is 3. The summed E-state index contributed by atoms with van der Waals surface area (Å²) in [5.41, 5.74) is 2.08. The fourth-order valence-corrected chi connectivity index (χ4v) is 4.21. The largest absolute Gasteiger partial charge is 0.458 e. The van der Waals surface area contributed by atoms with Gasteiger partial charge in [0.15, 0.2) is 0 Å². The quantitative estimate of drug-likeness (QED) is 0.231. The first-order chi connectivity index (χ1) is 14.7. The Morgan fingerprint density at radius 2 is 1.87 bits per heavy atom. The Morgan fingerprint density at radius 3 is 2.52 bits per heavy atom. The molecule has 10 nitrogen and oxygen atoms in total. The van der Waals surface area contributed by atoms with Crippen molar-refractivity contribution in [2.24, 2.45) is 0 Å². The van der Waals surface area contributed by atoms with E-state index in [0.29, 0.717) is 27.3 Å². The van der Waals surface area contributed by atoms with Crippen molar-refractivity contribution in [2.75, 3.05) is 12.8 Å². The lowest BCUT2D eigenvalue weighted by molar-refractivity contribution is -0.387. The maximum Gasteiger partial charge on any atom is 0.321 e. The smallest absolute Gasteiger partial charge is 0.321 e. The minimum Gasteiger partial charge on any atom is -0.458 e. The molecule has 1 aromatic heterocycles. The van der Waals surface area contributed by atoms with E-state index in [1.807, 2.05) is 18.2 Å². The minimum atomic E-state index is -4.15. The lowest BCUT2D eigenvalue weighted by Gasteiger charge is -2.09. The summed E-state index contributed by atoms with van der Waals surface area (Å²) in [6.07, 6.45) is 1.65. The molecule has 3 rings (SSSR count). The predicted molar refractivity (Wildman–Crippen MR) is 114 cm³/mol. The number of thioether (sulfide) groups is 1. The van der Waals surface area contributed by atoms with Crippen molar-refractivity contribution in [1.82, 2.24) is 14.7 Å². The summed E-state index contributed by atoms with van der Waals surface area (Å²) in [5, 5.41) is 11.1. The van der Waals surface area contributed by atoms with E-state index >= 15 is 0 Å². The van der Waals surface area contributed by atoms with Gasteiger partial charge in [-0.05, 0) is 37.4 Å². The fraction of sp³-hybridized carbons (Fsp3) is 0.211. The number of ether oxygens (including phenoxy) is 1. The van der Waals surface area contributed by atoms with E-state index in [9.17, 15) is 23.3 Å². The molecule has 1 N–H and O–H groups in total. The molecule has 0 aliphatic carbocycles. The van der Waals surface area contributed by atoms with Gasteiger partial charge < -0.3 is 4.74 Å². The lowest BCUT2D eigenvalue weighted by atomic mass is 10.2. The van der Waals surface area contributed by atoms with Gasteiger partial charge in [0.05, 0.1) is 37.1 Å². The Hall–Kier alpha value is -3.09. The molecule has 0 unspecified atom stereocenters. The summed E-state index contributed by atoms with van der Waals surface area (Å²) >= 11 is 1.13. The first kappa shape index (κ1) is 22.6. The molecule has 12 heteroatoms. The highest BCUT2D eigenvalue weighted by Crippen LogP contribution is 2.29. The Morgan fingerprint density at radius 1 is 1.19 bits per heavy atom. The second-order valence-electron chi connectivity index (χ2n) is 6.32. The number of sulfonamides is 1. The molecule has 162 valence electrons. The Balaban J connectivity index is 1.65. The average Bonchev–Trinajstić information content (AvgIpc) is 2.75. The molecule has 0 aliphatic rings. The van der Waals surface area contributed by atoms with Gasteiger partial charge in [-0.2, -0.15) is 4.72 Å². The van der Waals surface area contributed by atoms with Crippen molar-refractivity contribution in [3.8, 4) is 0 Å². The second kappa shape index (κ2) is 9.37. The highest BCUT2D eigenvalue weighted by Gasteiger charge is 2.22. The van der Waals surface area contributed by atoms with Gasteiger partial charge in [-0.3, -0.25) is 14.9 Å². The van der Waals surface area contributed by atoms with E-state index in [-0.39, 0.29) is 17.2 Å². The summed E-state index contributed by atoms with van der Waals surface area (Å²) in [6, 6.07) is 10.8. The number of carbonyl (C=O) groups excluding carboxylic acids is 1. The van der Waals surface area contributed by atoms with Gasteiger partial charge in [0.25, 0.3) is 5.69 Å². The molecule has 0 aliphatic heterocycles. The number of hydrogen-bond donors (Lipinski definition) is 1. The molecule has 0 saturated heterocycles. The van der Waals surface area contributed by atoms with Crippen LogP contribution in [0.4, 0.5) is 5.69 Å². The van der Waals surface area contributed by atoms with Crippen molar-refractivity contribution >= 4 is 44.5 Å². The maximum atomic E-state index is 12.4. The van der Waals surface area contributed by atoms with Crippen LogP contribution in [0.1, 0.15) is 11.4 Å². The van der Waals surface area contributed by atoms with Gasteiger partial charge in [0.2, 0.25) is 10.0 Å². The Bertz CT molecular complexity index is 1260. The van der Waals surface area contributed by atoms with Gasteiger partial charge >= 0.3 is 5.97 Å². The minimum absolute atomic E-state index is 0.169. The zero-order valence-electron chi connectivity index (χ0n) is 16.6. The highest BCUT2D eigenvalue weighted by atomic mass is 32.2. The van der Waals surface area contributed by atoms with Gasteiger partial charge in [0, 0.05) is 6.07 Å². The summed E-state index contributed by atoms with van der Waals surface area (Å²) in [7, 11) is -4.15. The zero-order chi connectivity index (χ0) is 22.6. The molecule has 3 aromatic rings. The fourth-order valence-electron chi connectivity index (χ4n) is 2.68. The normalized spacial score (nSPS) is 11.4. The van der Waals surface area contributed by atoms with Gasteiger partial charge in [-0.1, -0.05) is 12.1 Å². The number of aryl methyl sites for hydroxylation is 1. The molecule has 0 saturated carbocycles. The third-order valence-electron chi connectivity index (χ3n) is 4.28. The van der Waals surface area contributed by atoms with Gasteiger partial charge in [0.1, 0.15) is 13.2 Å². The van der Waals surface area contributed by atoms with Crippen LogP contribution in [0.25, 0.3) is 11.0 Å². The van der Waals surface area contributed by atoms with E-state index in [4.69, 9.17) is 4.74 Å². The third kappa shape index (κ3) is 5.34. The monoisotopic (exact) mass is 462 g/mol. The number of benzene rings is 2. The van der Waals surface area contributed by atoms with Crippen molar-refractivity contribution in [1.29, 1.82) is 0 Å². The number of carbonyl (C=O) groups is 1. The molecular weight excluding hydrogens is 444 g/mol. The lowest BCUT2D eigenvalue weighted by Crippen LogP contribution is -2.30. The predicted octanol–water partition coefficient (Wildman–Crippen LogP) is 2.59. The molecule has 0 bridgehead atoms. The number of rotatable bonds is 8. The van der Waals surface area contributed by atoms with Crippen LogP contribution in [-0.2, 0) is 26.2 Å². The van der Waals surface area contributed by atoms with E-state index in [1.165, 1.54) is 12.1 Å². The SMILES string of the molecule is CSc1ccc(S(=O)(=O)NCC(=O)OCc2nc3ccccc3nc2C)cc1[N+](=O)[O-]. The topological polar surface area (TPSA) is 141 Å². The van der Waals surface area contributed by atoms with Crippen molar-refractivity contribution in [3.63, 3.8) is 0 Å². The number of para-hydroxylation sites is 2. The van der Waals surface area contributed by atoms with Crippen LogP contribution in [0.2, 0.25) is 0 Å². The molecular formula is C19H18N4O6S2. The van der Waals surface area contributed by atoms with E-state index in [0.717, 1.165) is 17.8 Å². The number of esters is 1. The van der Waals surface area contributed by atoms with Crippen molar-refractivity contribution in [3.05, 3.63) is 64.0 Å². The number of nitro benzene ring substituents is 1. The molecule has 0 spiro atoms. The van der Waals surface area contributed by atoms with Crippen LogP contribution in [0.5, 0.6) is 0 Å². The summed E-state index contributed by atoms with van der Waals surface area (Å²) in [4.78, 5) is 31.3. The summed E-state index contributed by atoms with van der Waals surface area (Å²) in [5.74, 6) is -0.826. The number of nitrogens with one attached hydrogen (secondary N) is 1. The second-order valence-corrected chi connectivity index (χ2v) is 8.94. The van der Waals surface area contributed by atoms with Crippen LogP contribution in [0, 0.1) is 17.0 Å².